The van der Waals surface area contributed by atoms with Gasteiger partial charge in [-0.2, -0.15) is 15.0 Å². The number of benzene rings is 1. The summed E-state index contributed by atoms with van der Waals surface area (Å²) in [4.78, 5) is 17.4. The van der Waals surface area contributed by atoms with Gasteiger partial charge in [0.05, 0.1) is 12.1 Å². The first kappa shape index (κ1) is 14.9. The summed E-state index contributed by atoms with van der Waals surface area (Å²) >= 11 is 0. The SMILES string of the molecule is CN(C)C[C@]1(O)CCN(C(=O)Cn2nc3ccccc3n2)C1. The van der Waals surface area contributed by atoms with E-state index < -0.39 is 5.60 Å². The molecule has 1 aromatic heterocycles. The van der Waals surface area contributed by atoms with Crippen LogP contribution in [0.15, 0.2) is 24.3 Å². The average molecular weight is 303 g/mol. The summed E-state index contributed by atoms with van der Waals surface area (Å²) in [6.45, 7) is 1.60. The molecule has 22 heavy (non-hydrogen) atoms. The van der Waals surface area contributed by atoms with Gasteiger partial charge in [0, 0.05) is 13.1 Å². The monoisotopic (exact) mass is 303 g/mol. The van der Waals surface area contributed by atoms with Gasteiger partial charge in [-0.05, 0) is 32.6 Å². The lowest BCUT2D eigenvalue weighted by Gasteiger charge is -2.26. The van der Waals surface area contributed by atoms with Crippen LogP contribution in [0.3, 0.4) is 0 Å². The molecule has 1 fully saturated rings. The molecule has 1 N–H and O–H groups in total. The van der Waals surface area contributed by atoms with Crippen LogP contribution in [0.5, 0.6) is 0 Å². The van der Waals surface area contributed by atoms with Crippen LogP contribution in [-0.2, 0) is 11.3 Å². The number of likely N-dealkylation sites (N-methyl/N-ethyl adjacent to an activating group) is 1. The molecule has 0 aliphatic carbocycles. The zero-order valence-electron chi connectivity index (χ0n) is 12.9. The van der Waals surface area contributed by atoms with E-state index in [0.29, 0.717) is 26.1 Å². The fraction of sp³-hybridized carbons (Fsp3) is 0.533. The number of likely N-dealkylation sites (tertiary alicyclic amines) is 1. The van der Waals surface area contributed by atoms with Gasteiger partial charge in [-0.15, -0.1) is 0 Å². The number of rotatable bonds is 4. The molecular weight excluding hydrogens is 282 g/mol. The third kappa shape index (κ3) is 3.10. The second-order valence-corrected chi connectivity index (χ2v) is 6.25. The quantitative estimate of drug-likeness (QED) is 0.857. The maximum Gasteiger partial charge on any atom is 0.246 e. The maximum atomic E-state index is 12.4. The lowest BCUT2D eigenvalue weighted by molar-refractivity contribution is -0.132. The molecule has 0 radical (unpaired) electrons. The van der Waals surface area contributed by atoms with Gasteiger partial charge in [0.1, 0.15) is 17.6 Å². The number of aromatic nitrogens is 3. The van der Waals surface area contributed by atoms with Gasteiger partial charge in [-0.25, -0.2) is 0 Å². The van der Waals surface area contributed by atoms with Gasteiger partial charge in [0.2, 0.25) is 5.91 Å². The molecule has 1 aliphatic heterocycles. The predicted octanol–water partition coefficient (Wildman–Crippen LogP) is -0.0437. The van der Waals surface area contributed by atoms with E-state index in [4.69, 9.17) is 0 Å². The minimum Gasteiger partial charge on any atom is -0.387 e. The van der Waals surface area contributed by atoms with Crippen molar-refractivity contribution < 1.29 is 9.90 Å². The van der Waals surface area contributed by atoms with Crippen LogP contribution in [0.25, 0.3) is 11.0 Å². The Kier molecular flexibility index (Phi) is 3.84. The zero-order chi connectivity index (χ0) is 15.7. The van der Waals surface area contributed by atoms with E-state index in [2.05, 4.69) is 10.2 Å². The lowest BCUT2D eigenvalue weighted by Crippen LogP contribution is -2.44. The van der Waals surface area contributed by atoms with Crippen molar-refractivity contribution in [2.24, 2.45) is 0 Å². The Labute approximate surface area is 129 Å². The van der Waals surface area contributed by atoms with Gasteiger partial charge in [-0.1, -0.05) is 12.1 Å². The Hall–Kier alpha value is -1.99. The number of nitrogens with zero attached hydrogens (tertiary/aromatic N) is 5. The molecule has 0 saturated carbocycles. The van der Waals surface area contributed by atoms with Crippen molar-refractivity contribution >= 4 is 16.9 Å². The highest BCUT2D eigenvalue weighted by Crippen LogP contribution is 2.22. The second-order valence-electron chi connectivity index (χ2n) is 6.25. The third-order valence-electron chi connectivity index (χ3n) is 3.90. The Balaban J connectivity index is 1.65. The van der Waals surface area contributed by atoms with Crippen LogP contribution in [-0.4, -0.2) is 75.1 Å². The normalized spacial score (nSPS) is 21.9. The van der Waals surface area contributed by atoms with Gasteiger partial charge in [0.25, 0.3) is 0 Å². The number of carbonyl (C=O) groups is 1. The minimum absolute atomic E-state index is 0.0602. The Morgan fingerprint density at radius 3 is 2.55 bits per heavy atom. The third-order valence-corrected chi connectivity index (χ3v) is 3.90. The maximum absolute atomic E-state index is 12.4. The molecule has 1 amide bonds. The standard InChI is InChI=1S/C15H21N5O2/c1-18(2)10-15(22)7-8-19(11-15)14(21)9-20-16-12-5-3-4-6-13(12)17-20/h3-6,22H,7-11H2,1-2H3/t15-/m1/s1. The smallest absolute Gasteiger partial charge is 0.246 e. The molecule has 0 bridgehead atoms. The molecule has 3 rings (SSSR count). The zero-order valence-corrected chi connectivity index (χ0v) is 12.9. The van der Waals surface area contributed by atoms with Crippen molar-refractivity contribution in [3.63, 3.8) is 0 Å². The van der Waals surface area contributed by atoms with E-state index in [9.17, 15) is 9.90 Å². The predicted molar refractivity (Wildman–Crippen MR) is 82.2 cm³/mol. The molecule has 118 valence electrons. The van der Waals surface area contributed by atoms with Crippen LogP contribution in [0, 0.1) is 0 Å². The van der Waals surface area contributed by atoms with Crippen LogP contribution in [0.1, 0.15) is 6.42 Å². The van der Waals surface area contributed by atoms with Gasteiger partial charge in [0.15, 0.2) is 0 Å². The Morgan fingerprint density at radius 2 is 1.95 bits per heavy atom. The first-order valence-electron chi connectivity index (χ1n) is 7.40. The highest BCUT2D eigenvalue weighted by Gasteiger charge is 2.38. The molecule has 1 saturated heterocycles. The van der Waals surface area contributed by atoms with Crippen LogP contribution in [0.4, 0.5) is 0 Å². The van der Waals surface area contributed by atoms with Gasteiger partial charge < -0.3 is 14.9 Å². The van der Waals surface area contributed by atoms with E-state index >= 15 is 0 Å². The highest BCUT2D eigenvalue weighted by molar-refractivity contribution is 5.77. The number of hydrogen-bond donors (Lipinski definition) is 1. The average Bonchev–Trinajstić information content (AvgIpc) is 3.01. The van der Waals surface area contributed by atoms with Crippen molar-refractivity contribution in [3.05, 3.63) is 24.3 Å². The Morgan fingerprint density at radius 1 is 1.32 bits per heavy atom. The molecule has 1 aliphatic rings. The molecule has 0 spiro atoms. The number of fused-ring (bicyclic) bond motifs is 1. The van der Waals surface area contributed by atoms with E-state index in [0.717, 1.165) is 11.0 Å². The van der Waals surface area contributed by atoms with Crippen molar-refractivity contribution in [1.29, 1.82) is 0 Å². The first-order chi connectivity index (χ1) is 10.5. The van der Waals surface area contributed by atoms with E-state index in [1.165, 1.54) is 4.80 Å². The summed E-state index contributed by atoms with van der Waals surface area (Å²) in [5, 5.41) is 19.1. The number of hydrogen-bond acceptors (Lipinski definition) is 5. The molecule has 1 aromatic carbocycles. The number of amides is 1. The van der Waals surface area contributed by atoms with E-state index in [-0.39, 0.29) is 12.5 Å². The summed E-state index contributed by atoms with van der Waals surface area (Å²) < 4.78 is 0. The second kappa shape index (κ2) is 5.66. The molecule has 2 heterocycles. The largest absolute Gasteiger partial charge is 0.387 e. The molecule has 7 heteroatoms. The molecule has 0 unspecified atom stereocenters. The summed E-state index contributed by atoms with van der Waals surface area (Å²) in [5.41, 5.74) is 0.739. The summed E-state index contributed by atoms with van der Waals surface area (Å²) in [6, 6.07) is 7.53. The lowest BCUT2D eigenvalue weighted by atomic mass is 10.0. The molecule has 7 nitrogen and oxygen atoms in total. The highest BCUT2D eigenvalue weighted by atomic mass is 16.3. The van der Waals surface area contributed by atoms with Crippen LogP contribution >= 0.6 is 0 Å². The van der Waals surface area contributed by atoms with E-state index in [1.807, 2.05) is 43.3 Å². The fourth-order valence-corrected chi connectivity index (χ4v) is 2.98. The summed E-state index contributed by atoms with van der Waals surface area (Å²) in [5.74, 6) is -0.0602. The summed E-state index contributed by atoms with van der Waals surface area (Å²) in [7, 11) is 3.84. The number of carbonyl (C=O) groups excluding carboxylic acids is 1. The molecular formula is C15H21N5O2. The van der Waals surface area contributed by atoms with Crippen molar-refractivity contribution in [3.8, 4) is 0 Å². The van der Waals surface area contributed by atoms with Crippen LogP contribution in [0.2, 0.25) is 0 Å². The van der Waals surface area contributed by atoms with Crippen molar-refractivity contribution in [2.75, 3.05) is 33.7 Å². The van der Waals surface area contributed by atoms with Crippen molar-refractivity contribution in [2.45, 2.75) is 18.6 Å². The van der Waals surface area contributed by atoms with Crippen LogP contribution < -0.4 is 0 Å². The fourth-order valence-electron chi connectivity index (χ4n) is 2.98. The summed E-state index contributed by atoms with van der Waals surface area (Å²) in [6.07, 6.45) is 0.603. The number of aliphatic hydroxyl groups is 1. The van der Waals surface area contributed by atoms with E-state index in [1.54, 1.807) is 4.90 Å². The number of β-amino-alcohol motifs (C(OH)–C–C–N with tert-alkyl or cyclic N) is 1. The van der Waals surface area contributed by atoms with Crippen molar-refractivity contribution in [1.82, 2.24) is 24.8 Å². The topological polar surface area (TPSA) is 74.5 Å². The molecule has 1 atom stereocenters. The molecule has 2 aromatic rings. The first-order valence-corrected chi connectivity index (χ1v) is 7.40. The Bertz CT molecular complexity index is 650. The van der Waals surface area contributed by atoms with Gasteiger partial charge in [-0.3, -0.25) is 4.79 Å². The van der Waals surface area contributed by atoms with Gasteiger partial charge >= 0.3 is 0 Å². The minimum atomic E-state index is -0.818.